The second kappa shape index (κ2) is 18.0. The molecule has 1 fully saturated rings. The number of hydrogen-bond donors (Lipinski definition) is 3. The van der Waals surface area contributed by atoms with Crippen LogP contribution in [0.1, 0.15) is 98.9 Å². The van der Waals surface area contributed by atoms with Crippen molar-refractivity contribution < 1.29 is 67.3 Å². The first kappa shape index (κ1) is 46.5. The Kier molecular flexibility index (Phi) is 14.4. The van der Waals surface area contributed by atoms with E-state index in [4.69, 9.17) is 33.2 Å². The van der Waals surface area contributed by atoms with Gasteiger partial charge in [-0.3, -0.25) is 9.59 Å². The lowest BCUT2D eigenvalue weighted by atomic mass is 9.52. The van der Waals surface area contributed by atoms with Crippen molar-refractivity contribution in [2.75, 3.05) is 27.4 Å². The molecule has 2 unspecified atom stereocenters. The molecule has 0 saturated carbocycles. The number of ether oxygens (including phenoxy) is 7. The quantitative estimate of drug-likeness (QED) is 0.132. The highest BCUT2D eigenvalue weighted by atomic mass is 16.6. The zero-order chi connectivity index (χ0) is 43.5. The van der Waals surface area contributed by atoms with Gasteiger partial charge in [-0.1, -0.05) is 45.9 Å². The van der Waals surface area contributed by atoms with Gasteiger partial charge in [-0.15, -0.1) is 0 Å². The summed E-state index contributed by atoms with van der Waals surface area (Å²) >= 11 is 0. The monoisotopic (exact) mass is 815 g/mol. The zero-order valence-electron chi connectivity index (χ0n) is 35.8. The Labute approximate surface area is 340 Å². The molecular formula is C43H61NO14. The molecule has 3 aliphatic rings. The number of aliphatic hydroxyl groups excluding tert-OH is 1. The summed E-state index contributed by atoms with van der Waals surface area (Å²) in [7, 11) is 2.83. The average Bonchev–Trinajstić information content (AvgIpc) is 3.11. The van der Waals surface area contributed by atoms with E-state index >= 15 is 0 Å². The van der Waals surface area contributed by atoms with E-state index in [0.29, 0.717) is 0 Å². The highest BCUT2D eigenvalue weighted by Gasteiger charge is 2.68. The molecule has 322 valence electrons. The van der Waals surface area contributed by atoms with Crippen LogP contribution in [0.25, 0.3) is 0 Å². The number of ketones is 1. The molecule has 0 aromatic heterocycles. The van der Waals surface area contributed by atoms with Crippen LogP contribution in [0.2, 0.25) is 0 Å². The van der Waals surface area contributed by atoms with Gasteiger partial charge in [0.2, 0.25) is 0 Å². The minimum atomic E-state index is -2.27. The number of aliphatic hydroxyl groups is 2. The topological polar surface area (TPSA) is 202 Å². The summed E-state index contributed by atoms with van der Waals surface area (Å²) in [5.41, 5.74) is -5.56. The molecule has 1 amide bonds. The van der Waals surface area contributed by atoms with Crippen molar-refractivity contribution in [2.45, 2.75) is 136 Å². The third-order valence-electron chi connectivity index (χ3n) is 11.3. The molecule has 58 heavy (non-hydrogen) atoms. The lowest BCUT2D eigenvalue weighted by Crippen LogP contribution is -2.71. The molecule has 0 spiro atoms. The predicted molar refractivity (Wildman–Crippen MR) is 209 cm³/mol. The number of fused-ring (bicyclic) bond motifs is 2. The Morgan fingerprint density at radius 2 is 1.67 bits per heavy atom. The molecule has 2 bridgehead atoms. The molecule has 2 aliphatic carbocycles. The number of alkyl carbamates (subject to hydrolysis) is 1. The van der Waals surface area contributed by atoms with Gasteiger partial charge in [0.05, 0.1) is 24.1 Å². The van der Waals surface area contributed by atoms with Crippen LogP contribution in [0.4, 0.5) is 4.79 Å². The second-order valence-electron chi connectivity index (χ2n) is 17.4. The van der Waals surface area contributed by atoms with Crippen molar-refractivity contribution in [1.82, 2.24) is 5.32 Å². The van der Waals surface area contributed by atoms with E-state index in [1.54, 1.807) is 66.7 Å². The number of benzene rings is 1. The number of carbonyl (C=O) groups is 5. The van der Waals surface area contributed by atoms with E-state index in [1.807, 2.05) is 13.8 Å². The molecule has 15 heteroatoms. The molecule has 8 atom stereocenters. The lowest BCUT2D eigenvalue weighted by Gasteiger charge is -2.59. The van der Waals surface area contributed by atoms with Crippen molar-refractivity contribution in [3.8, 4) is 0 Å². The predicted octanol–water partition coefficient (Wildman–Crippen LogP) is 4.76. The van der Waals surface area contributed by atoms with Crippen LogP contribution in [-0.2, 0) is 47.5 Å². The Balaban J connectivity index is 1.93. The Hall–Kier alpha value is -4.15. The summed E-state index contributed by atoms with van der Waals surface area (Å²) in [5.74, 6) is -4.69. The highest BCUT2D eigenvalue weighted by molar-refractivity contribution is 5.93. The van der Waals surface area contributed by atoms with E-state index in [2.05, 4.69) is 5.32 Å². The number of hydrogen-bond acceptors (Lipinski definition) is 14. The highest BCUT2D eigenvalue weighted by Crippen LogP contribution is 2.58. The Bertz CT molecular complexity index is 1780. The SMILES string of the molecule is COCC[C@H]1OC[C@@]1(OC(C)=O)C1=C(C)C(OC)C(=O)C2C(C)=C(OC(=O)[C@H](O)[C@H](CC(C)C)NC(=O)OC(C)(C)C)C[C@@](O)([C@H]1OC(=O)c1ccccc1)C2(C)C. The molecule has 1 aromatic carbocycles. The van der Waals surface area contributed by atoms with Gasteiger partial charge in [-0.25, -0.2) is 14.4 Å². The van der Waals surface area contributed by atoms with Gasteiger partial charge in [0, 0.05) is 51.6 Å². The maximum atomic E-state index is 14.9. The largest absolute Gasteiger partial charge is 0.451 e. The average molecular weight is 816 g/mol. The number of nitrogens with one attached hydrogen (secondary N) is 1. The van der Waals surface area contributed by atoms with Gasteiger partial charge < -0.3 is 48.7 Å². The second-order valence-corrected chi connectivity index (χ2v) is 17.4. The Morgan fingerprint density at radius 3 is 2.19 bits per heavy atom. The zero-order valence-corrected chi connectivity index (χ0v) is 35.8. The smallest absolute Gasteiger partial charge is 0.407 e. The summed E-state index contributed by atoms with van der Waals surface area (Å²) in [4.78, 5) is 68.8. The normalized spacial score (nSPS) is 28.1. The minimum absolute atomic E-state index is 0.0809. The van der Waals surface area contributed by atoms with Crippen molar-refractivity contribution in [3.05, 3.63) is 58.4 Å². The van der Waals surface area contributed by atoms with Crippen LogP contribution >= 0.6 is 0 Å². The number of Topliss-reactive ketones (excluding diaryl/α,β-unsaturated/α-hetero) is 1. The molecule has 1 saturated heterocycles. The van der Waals surface area contributed by atoms with Crippen LogP contribution in [0, 0.1) is 17.3 Å². The number of allylic oxidation sites excluding steroid dienone is 1. The first-order valence-electron chi connectivity index (χ1n) is 19.6. The van der Waals surface area contributed by atoms with Crippen LogP contribution in [0.15, 0.2) is 52.8 Å². The number of esters is 3. The van der Waals surface area contributed by atoms with Crippen molar-refractivity contribution in [2.24, 2.45) is 17.3 Å². The fourth-order valence-electron chi connectivity index (χ4n) is 8.52. The van der Waals surface area contributed by atoms with Crippen LogP contribution in [-0.4, -0.2) is 115 Å². The van der Waals surface area contributed by atoms with E-state index in [1.165, 1.54) is 33.3 Å². The molecule has 1 aromatic rings. The molecular weight excluding hydrogens is 754 g/mol. The summed E-state index contributed by atoms with van der Waals surface area (Å²) < 4.78 is 41.1. The summed E-state index contributed by atoms with van der Waals surface area (Å²) in [6.07, 6.45) is -6.76. The van der Waals surface area contributed by atoms with E-state index in [9.17, 15) is 34.2 Å². The van der Waals surface area contributed by atoms with Gasteiger partial charge in [-0.05, 0) is 70.2 Å². The summed E-state index contributed by atoms with van der Waals surface area (Å²) in [5, 5.41) is 27.5. The van der Waals surface area contributed by atoms with E-state index < -0.39 is 94.8 Å². The molecule has 3 N–H and O–H groups in total. The van der Waals surface area contributed by atoms with Crippen LogP contribution in [0.3, 0.4) is 0 Å². The molecule has 1 aliphatic heterocycles. The number of carbonyl (C=O) groups excluding carboxylic acids is 5. The number of methoxy groups -OCH3 is 2. The van der Waals surface area contributed by atoms with E-state index in [-0.39, 0.29) is 60.0 Å². The van der Waals surface area contributed by atoms with Gasteiger partial charge >= 0.3 is 24.0 Å². The van der Waals surface area contributed by atoms with Gasteiger partial charge in [0.15, 0.2) is 23.6 Å². The lowest BCUT2D eigenvalue weighted by molar-refractivity contribution is -0.252. The van der Waals surface area contributed by atoms with Gasteiger partial charge in [-0.2, -0.15) is 0 Å². The van der Waals surface area contributed by atoms with Crippen LogP contribution in [0.5, 0.6) is 0 Å². The first-order chi connectivity index (χ1) is 26.9. The third-order valence-corrected chi connectivity index (χ3v) is 11.3. The van der Waals surface area contributed by atoms with Crippen molar-refractivity contribution >= 4 is 29.8 Å². The molecule has 4 rings (SSSR count). The van der Waals surface area contributed by atoms with Gasteiger partial charge in [0.25, 0.3) is 0 Å². The molecule has 15 nitrogen and oxygen atoms in total. The fraction of sp³-hybridized carbons (Fsp3) is 0.651. The maximum Gasteiger partial charge on any atom is 0.407 e. The number of rotatable bonds is 14. The summed E-state index contributed by atoms with van der Waals surface area (Å²) in [6.45, 7) is 16.4. The summed E-state index contributed by atoms with van der Waals surface area (Å²) in [6, 6.07) is 6.94. The Morgan fingerprint density at radius 1 is 1.03 bits per heavy atom. The maximum absolute atomic E-state index is 14.9. The standard InChI is InChI=1S/C43H61NO14/c1-23(2)20-28(44-39(50)58-40(6,7)8)33(46)38(49)55-29-21-43(51)36(56-37(48)27-16-14-13-15-17-27)32(42(57-26(5)45)22-54-30(42)18-19-52-11)25(4)35(53-12)34(47)31(24(29)3)41(43,9)10/h13-17,23,28,30-31,33,35-36,46,51H,18-22H2,1-12H3,(H,44,50)/t28-,30+,31?,33+,35?,36-,42-,43+/m0/s1. The minimum Gasteiger partial charge on any atom is -0.451 e. The number of amides is 1. The molecule has 1 heterocycles. The van der Waals surface area contributed by atoms with E-state index in [0.717, 1.165) is 0 Å². The molecule has 0 radical (unpaired) electrons. The van der Waals surface area contributed by atoms with Crippen LogP contribution < -0.4 is 5.32 Å². The van der Waals surface area contributed by atoms with Gasteiger partial charge in [0.1, 0.15) is 29.2 Å². The fourth-order valence-corrected chi connectivity index (χ4v) is 8.52. The van der Waals surface area contributed by atoms with Crippen molar-refractivity contribution in [1.29, 1.82) is 0 Å². The van der Waals surface area contributed by atoms with Crippen molar-refractivity contribution in [3.63, 3.8) is 0 Å². The third kappa shape index (κ3) is 9.33. The first-order valence-corrected chi connectivity index (χ1v) is 19.6.